The largest absolute Gasteiger partial charge is 0.455 e. The summed E-state index contributed by atoms with van der Waals surface area (Å²) in [5.41, 5.74) is 3.30. The topological polar surface area (TPSA) is 111 Å². The van der Waals surface area contributed by atoms with Crippen LogP contribution < -0.4 is 5.43 Å². The standard InChI is InChI=1S/C20H10Br2ClN3O5/c21-11-5-10-6-18(31-19(10)15(22)7-11)20(27)25-24-9-13-2-4-17(30-13)14-3-1-12(26(28)29)8-16(14)23/h1-9H,(H,25,27)/b24-9-. The lowest BCUT2D eigenvalue weighted by molar-refractivity contribution is -0.384. The molecule has 0 saturated heterocycles. The van der Waals surface area contributed by atoms with E-state index in [1.165, 1.54) is 24.4 Å². The molecule has 2 heterocycles. The number of carbonyl (C=O) groups is 1. The number of nitrogens with zero attached hydrogens (tertiary/aromatic N) is 2. The van der Waals surface area contributed by atoms with Crippen LogP contribution in [0.4, 0.5) is 5.69 Å². The number of hydrazone groups is 1. The van der Waals surface area contributed by atoms with Gasteiger partial charge in [-0.25, -0.2) is 5.43 Å². The predicted molar refractivity (Wildman–Crippen MR) is 122 cm³/mol. The van der Waals surface area contributed by atoms with E-state index in [-0.39, 0.29) is 16.5 Å². The molecule has 0 bridgehead atoms. The van der Waals surface area contributed by atoms with Crippen molar-refractivity contribution in [3.63, 3.8) is 0 Å². The van der Waals surface area contributed by atoms with Gasteiger partial charge in [0.2, 0.25) is 0 Å². The van der Waals surface area contributed by atoms with Crippen LogP contribution in [0.3, 0.4) is 0 Å². The molecule has 11 heteroatoms. The van der Waals surface area contributed by atoms with E-state index in [0.29, 0.717) is 27.1 Å². The number of nitro groups is 1. The number of carbonyl (C=O) groups excluding carboxylic acids is 1. The Balaban J connectivity index is 1.47. The highest BCUT2D eigenvalue weighted by molar-refractivity contribution is 9.11. The fourth-order valence-electron chi connectivity index (χ4n) is 2.78. The molecule has 31 heavy (non-hydrogen) atoms. The Bertz CT molecular complexity index is 1360. The summed E-state index contributed by atoms with van der Waals surface area (Å²) in [5.74, 6) is 0.325. The van der Waals surface area contributed by atoms with Crippen molar-refractivity contribution >= 4 is 72.2 Å². The van der Waals surface area contributed by atoms with E-state index in [0.717, 1.165) is 9.86 Å². The van der Waals surface area contributed by atoms with Crippen molar-refractivity contribution in [2.45, 2.75) is 0 Å². The Labute approximate surface area is 196 Å². The summed E-state index contributed by atoms with van der Waals surface area (Å²) in [6.07, 6.45) is 1.32. The van der Waals surface area contributed by atoms with Crippen LogP contribution in [0.25, 0.3) is 22.3 Å². The van der Waals surface area contributed by atoms with Crippen molar-refractivity contribution in [1.29, 1.82) is 0 Å². The Morgan fingerprint density at radius 1 is 1.13 bits per heavy atom. The first-order chi connectivity index (χ1) is 14.8. The summed E-state index contributed by atoms with van der Waals surface area (Å²) in [6, 6.07) is 12.6. The molecule has 0 saturated carbocycles. The molecule has 4 aromatic rings. The molecule has 156 valence electrons. The fraction of sp³-hybridized carbons (Fsp3) is 0. The molecule has 0 atom stereocenters. The van der Waals surface area contributed by atoms with E-state index in [1.807, 2.05) is 12.1 Å². The normalized spacial score (nSPS) is 11.3. The number of nitro benzene ring substituents is 1. The quantitative estimate of drug-likeness (QED) is 0.167. The highest BCUT2D eigenvalue weighted by Crippen LogP contribution is 2.32. The van der Waals surface area contributed by atoms with E-state index in [2.05, 4.69) is 42.4 Å². The molecule has 1 amide bonds. The number of non-ortho nitro benzene ring substituents is 1. The van der Waals surface area contributed by atoms with E-state index in [9.17, 15) is 14.9 Å². The number of amides is 1. The summed E-state index contributed by atoms with van der Waals surface area (Å²) >= 11 is 12.9. The minimum Gasteiger partial charge on any atom is -0.455 e. The van der Waals surface area contributed by atoms with Gasteiger partial charge in [-0.2, -0.15) is 5.10 Å². The second-order valence-corrected chi connectivity index (χ2v) is 8.42. The summed E-state index contributed by atoms with van der Waals surface area (Å²) in [4.78, 5) is 22.6. The van der Waals surface area contributed by atoms with Crippen molar-refractivity contribution in [3.8, 4) is 11.3 Å². The molecule has 2 aromatic carbocycles. The first kappa shape index (κ1) is 21.3. The van der Waals surface area contributed by atoms with E-state index < -0.39 is 10.8 Å². The van der Waals surface area contributed by atoms with Crippen LogP contribution in [0.1, 0.15) is 16.3 Å². The van der Waals surface area contributed by atoms with Gasteiger partial charge in [0.05, 0.1) is 20.6 Å². The molecular weight excluding hydrogens is 557 g/mol. The van der Waals surface area contributed by atoms with Gasteiger partial charge in [-0.1, -0.05) is 27.5 Å². The van der Waals surface area contributed by atoms with E-state index >= 15 is 0 Å². The zero-order valence-electron chi connectivity index (χ0n) is 15.3. The fourth-order valence-corrected chi connectivity index (χ4v) is 4.39. The maximum Gasteiger partial charge on any atom is 0.307 e. The van der Waals surface area contributed by atoms with Crippen LogP contribution in [0, 0.1) is 10.1 Å². The number of furan rings is 2. The Kier molecular flexibility index (Phi) is 5.94. The molecule has 0 aliphatic heterocycles. The number of benzene rings is 2. The molecule has 0 fully saturated rings. The molecule has 1 N–H and O–H groups in total. The van der Waals surface area contributed by atoms with Crippen molar-refractivity contribution in [3.05, 3.63) is 84.1 Å². The lowest BCUT2D eigenvalue weighted by atomic mass is 10.1. The predicted octanol–water partition coefficient (Wildman–Crippen LogP) is 6.54. The second-order valence-electron chi connectivity index (χ2n) is 6.24. The Morgan fingerprint density at radius 2 is 1.94 bits per heavy atom. The van der Waals surface area contributed by atoms with Crippen molar-refractivity contribution in [1.82, 2.24) is 5.43 Å². The zero-order chi connectivity index (χ0) is 22.1. The average Bonchev–Trinajstić information content (AvgIpc) is 3.35. The maximum absolute atomic E-state index is 12.3. The van der Waals surface area contributed by atoms with Crippen LogP contribution in [0.15, 0.2) is 71.4 Å². The molecular formula is C20H10Br2ClN3O5. The van der Waals surface area contributed by atoms with Gasteiger partial charge in [0, 0.05) is 27.6 Å². The first-order valence-electron chi connectivity index (χ1n) is 8.58. The van der Waals surface area contributed by atoms with Crippen LogP contribution in [-0.4, -0.2) is 17.0 Å². The third-order valence-corrected chi connectivity index (χ3v) is 5.53. The molecule has 0 aliphatic carbocycles. The van der Waals surface area contributed by atoms with E-state index in [1.54, 1.807) is 18.2 Å². The van der Waals surface area contributed by atoms with Gasteiger partial charge >= 0.3 is 5.91 Å². The van der Waals surface area contributed by atoms with Gasteiger partial charge in [-0.3, -0.25) is 14.9 Å². The van der Waals surface area contributed by atoms with Gasteiger partial charge in [0.15, 0.2) is 5.76 Å². The Hall–Kier alpha value is -2.95. The number of rotatable bonds is 5. The Morgan fingerprint density at radius 3 is 2.68 bits per heavy atom. The first-order valence-corrected chi connectivity index (χ1v) is 10.5. The van der Waals surface area contributed by atoms with Gasteiger partial charge in [0.25, 0.3) is 5.69 Å². The van der Waals surface area contributed by atoms with Crippen molar-refractivity contribution < 1.29 is 18.6 Å². The smallest absolute Gasteiger partial charge is 0.307 e. The minimum absolute atomic E-state index is 0.101. The van der Waals surface area contributed by atoms with Gasteiger partial charge in [-0.05, 0) is 52.3 Å². The summed E-state index contributed by atoms with van der Waals surface area (Å²) in [5, 5.41) is 15.6. The lowest BCUT2D eigenvalue weighted by Gasteiger charge is -2.00. The number of halogens is 3. The van der Waals surface area contributed by atoms with Crippen molar-refractivity contribution in [2.75, 3.05) is 0 Å². The molecule has 0 unspecified atom stereocenters. The van der Waals surface area contributed by atoms with Crippen LogP contribution in [0.5, 0.6) is 0 Å². The van der Waals surface area contributed by atoms with E-state index in [4.69, 9.17) is 20.4 Å². The number of fused-ring (bicyclic) bond motifs is 1. The number of hydrogen-bond donors (Lipinski definition) is 1. The van der Waals surface area contributed by atoms with Gasteiger partial charge in [0.1, 0.15) is 17.1 Å². The summed E-state index contributed by atoms with van der Waals surface area (Å²) in [6.45, 7) is 0. The average molecular weight is 568 g/mol. The molecule has 8 nitrogen and oxygen atoms in total. The summed E-state index contributed by atoms with van der Waals surface area (Å²) in [7, 11) is 0. The molecule has 0 spiro atoms. The molecule has 0 radical (unpaired) electrons. The van der Waals surface area contributed by atoms with Crippen LogP contribution in [0.2, 0.25) is 5.02 Å². The third kappa shape index (κ3) is 4.55. The molecule has 0 aliphatic rings. The highest BCUT2D eigenvalue weighted by atomic mass is 79.9. The SMILES string of the molecule is O=C(N/N=C\c1ccc(-c2ccc([N+](=O)[O-])cc2Cl)o1)c1cc2cc(Br)cc(Br)c2o1. The second kappa shape index (κ2) is 8.66. The minimum atomic E-state index is -0.530. The van der Waals surface area contributed by atoms with Gasteiger partial charge in [-0.15, -0.1) is 0 Å². The molecule has 4 rings (SSSR count). The molecule has 2 aromatic heterocycles. The zero-order valence-corrected chi connectivity index (χ0v) is 19.2. The van der Waals surface area contributed by atoms with Crippen molar-refractivity contribution in [2.24, 2.45) is 5.10 Å². The highest BCUT2D eigenvalue weighted by Gasteiger charge is 2.15. The van der Waals surface area contributed by atoms with Gasteiger partial charge < -0.3 is 8.83 Å². The summed E-state index contributed by atoms with van der Waals surface area (Å²) < 4.78 is 12.8. The third-order valence-electron chi connectivity index (χ3n) is 4.17. The number of nitrogens with one attached hydrogen (secondary N) is 1. The monoisotopic (exact) mass is 565 g/mol. The lowest BCUT2D eigenvalue weighted by Crippen LogP contribution is -2.16. The van der Waals surface area contributed by atoms with Crippen LogP contribution >= 0.6 is 43.5 Å². The number of hydrogen-bond acceptors (Lipinski definition) is 6. The van der Waals surface area contributed by atoms with Crippen LogP contribution in [-0.2, 0) is 0 Å². The maximum atomic E-state index is 12.3.